The maximum absolute atomic E-state index is 4.07. The first kappa shape index (κ1) is 15.8. The number of para-hydroxylation sites is 1. The average Bonchev–Trinajstić information content (AvgIpc) is 2.22. The Balaban J connectivity index is 0.00000121. The minimum Gasteiger partial charge on any atom is -0.359 e. The summed E-state index contributed by atoms with van der Waals surface area (Å²) in [5, 5.41) is 3.37. The summed E-state index contributed by atoms with van der Waals surface area (Å²) in [6.45, 7) is 16.8. The molecule has 0 saturated carbocycles. The van der Waals surface area contributed by atoms with E-state index in [1.54, 1.807) is 0 Å². The smallest absolute Gasteiger partial charge is 0.0411 e. The number of hydrogen-bond donors (Lipinski definition) is 1. The summed E-state index contributed by atoms with van der Waals surface area (Å²) in [6.07, 6.45) is 0.987. The SMILES string of the molecule is C=C(CC(C)(C)C)Nc1ccccc1C.CC. The van der Waals surface area contributed by atoms with Crippen molar-refractivity contribution in [1.29, 1.82) is 0 Å². The molecule has 0 amide bonds. The largest absolute Gasteiger partial charge is 0.359 e. The van der Waals surface area contributed by atoms with Gasteiger partial charge in [0, 0.05) is 11.4 Å². The predicted molar refractivity (Wildman–Crippen MR) is 79.4 cm³/mol. The zero-order valence-electron chi connectivity index (χ0n) is 12.2. The van der Waals surface area contributed by atoms with Crippen molar-refractivity contribution < 1.29 is 0 Å². The van der Waals surface area contributed by atoms with Crippen LogP contribution in [0.4, 0.5) is 5.69 Å². The first-order valence-corrected chi connectivity index (χ1v) is 6.39. The first-order chi connectivity index (χ1) is 7.88. The summed E-state index contributed by atoms with van der Waals surface area (Å²) >= 11 is 0. The van der Waals surface area contributed by atoms with Gasteiger partial charge < -0.3 is 5.32 Å². The molecule has 0 spiro atoms. The molecule has 0 atom stereocenters. The first-order valence-electron chi connectivity index (χ1n) is 6.39. The monoisotopic (exact) mass is 233 g/mol. The van der Waals surface area contributed by atoms with Gasteiger partial charge in [-0.3, -0.25) is 0 Å². The topological polar surface area (TPSA) is 12.0 Å². The maximum Gasteiger partial charge on any atom is 0.0411 e. The molecule has 1 heteroatoms. The Morgan fingerprint density at radius 2 is 1.71 bits per heavy atom. The summed E-state index contributed by atoms with van der Waals surface area (Å²) < 4.78 is 0. The Labute approximate surface area is 107 Å². The van der Waals surface area contributed by atoms with Gasteiger partial charge in [-0.15, -0.1) is 0 Å². The summed E-state index contributed by atoms with van der Waals surface area (Å²) in [6, 6.07) is 8.28. The van der Waals surface area contributed by atoms with E-state index < -0.39 is 0 Å². The van der Waals surface area contributed by atoms with Crippen LogP contribution in [-0.4, -0.2) is 0 Å². The zero-order valence-corrected chi connectivity index (χ0v) is 12.2. The second-order valence-corrected chi connectivity index (χ2v) is 5.28. The normalized spacial score (nSPS) is 10.2. The highest BCUT2D eigenvalue weighted by molar-refractivity contribution is 5.53. The van der Waals surface area contributed by atoms with E-state index in [2.05, 4.69) is 51.7 Å². The van der Waals surface area contributed by atoms with Gasteiger partial charge in [-0.1, -0.05) is 59.4 Å². The lowest BCUT2D eigenvalue weighted by atomic mass is 9.91. The quantitative estimate of drug-likeness (QED) is 0.738. The minimum atomic E-state index is 0.284. The highest BCUT2D eigenvalue weighted by Crippen LogP contribution is 2.25. The molecule has 0 fully saturated rings. The van der Waals surface area contributed by atoms with Crippen molar-refractivity contribution in [3.05, 3.63) is 42.1 Å². The van der Waals surface area contributed by atoms with Crippen molar-refractivity contribution in [3.8, 4) is 0 Å². The predicted octanol–water partition coefficient (Wildman–Crippen LogP) is 5.38. The van der Waals surface area contributed by atoms with Crippen LogP contribution in [0.15, 0.2) is 36.5 Å². The highest BCUT2D eigenvalue weighted by Gasteiger charge is 2.12. The molecule has 1 aromatic rings. The number of benzene rings is 1. The van der Waals surface area contributed by atoms with E-state index in [0.717, 1.165) is 17.8 Å². The average molecular weight is 233 g/mol. The fourth-order valence-corrected chi connectivity index (χ4v) is 1.59. The van der Waals surface area contributed by atoms with Gasteiger partial charge in [0.25, 0.3) is 0 Å². The van der Waals surface area contributed by atoms with E-state index in [1.165, 1.54) is 5.56 Å². The molecule has 0 saturated heterocycles. The Hall–Kier alpha value is -1.24. The van der Waals surface area contributed by atoms with Crippen molar-refractivity contribution in [2.45, 2.75) is 48.0 Å². The van der Waals surface area contributed by atoms with Crippen molar-refractivity contribution in [1.82, 2.24) is 0 Å². The van der Waals surface area contributed by atoms with Gasteiger partial charge in [0.05, 0.1) is 0 Å². The van der Waals surface area contributed by atoms with E-state index >= 15 is 0 Å². The molecule has 1 nitrogen and oxygen atoms in total. The second-order valence-electron chi connectivity index (χ2n) is 5.28. The van der Waals surface area contributed by atoms with Gasteiger partial charge in [0.2, 0.25) is 0 Å². The van der Waals surface area contributed by atoms with Crippen molar-refractivity contribution in [2.75, 3.05) is 5.32 Å². The van der Waals surface area contributed by atoms with Gasteiger partial charge >= 0.3 is 0 Å². The molecule has 1 aromatic carbocycles. The lowest BCUT2D eigenvalue weighted by molar-refractivity contribution is 0.411. The summed E-state index contributed by atoms with van der Waals surface area (Å²) in [4.78, 5) is 0. The molecule has 17 heavy (non-hydrogen) atoms. The lowest BCUT2D eigenvalue weighted by Gasteiger charge is -2.21. The molecular formula is C16H27N. The van der Waals surface area contributed by atoms with Crippen molar-refractivity contribution in [3.63, 3.8) is 0 Å². The van der Waals surface area contributed by atoms with E-state index in [9.17, 15) is 0 Å². The summed E-state index contributed by atoms with van der Waals surface area (Å²) in [5.74, 6) is 0. The number of nitrogens with one attached hydrogen (secondary N) is 1. The van der Waals surface area contributed by atoms with Gasteiger partial charge in [0.1, 0.15) is 0 Å². The molecule has 0 bridgehead atoms. The van der Waals surface area contributed by atoms with Crippen molar-refractivity contribution >= 4 is 5.69 Å². The minimum absolute atomic E-state index is 0.284. The van der Waals surface area contributed by atoms with E-state index in [-0.39, 0.29) is 5.41 Å². The molecule has 1 N–H and O–H groups in total. The standard InChI is InChI=1S/C14H21N.C2H6/c1-11-8-6-7-9-13(11)15-12(2)10-14(3,4)5;1-2/h6-9,15H,2,10H2,1,3-5H3;1-2H3. The number of aryl methyl sites for hydroxylation is 1. The third-order valence-electron chi connectivity index (χ3n) is 2.20. The molecule has 0 aliphatic carbocycles. The van der Waals surface area contributed by atoms with Crippen molar-refractivity contribution in [2.24, 2.45) is 5.41 Å². The van der Waals surface area contributed by atoms with Crippen LogP contribution in [-0.2, 0) is 0 Å². The molecule has 0 aliphatic rings. The highest BCUT2D eigenvalue weighted by atomic mass is 14.9. The van der Waals surface area contributed by atoms with Gasteiger partial charge in [-0.2, -0.15) is 0 Å². The van der Waals surface area contributed by atoms with Gasteiger partial charge in [0.15, 0.2) is 0 Å². The van der Waals surface area contributed by atoms with E-state index in [4.69, 9.17) is 0 Å². The fourth-order valence-electron chi connectivity index (χ4n) is 1.59. The summed E-state index contributed by atoms with van der Waals surface area (Å²) in [5.41, 5.74) is 3.78. The van der Waals surface area contributed by atoms with Crippen LogP contribution < -0.4 is 5.32 Å². The van der Waals surface area contributed by atoms with E-state index in [1.807, 2.05) is 26.0 Å². The van der Waals surface area contributed by atoms with Gasteiger partial charge in [-0.25, -0.2) is 0 Å². The second kappa shape index (κ2) is 7.16. The fraction of sp³-hybridized carbons (Fsp3) is 0.500. The Morgan fingerprint density at radius 1 is 1.18 bits per heavy atom. The summed E-state index contributed by atoms with van der Waals surface area (Å²) in [7, 11) is 0. The Kier molecular flexibility index (Phi) is 6.64. The third kappa shape index (κ3) is 6.83. The zero-order chi connectivity index (χ0) is 13.5. The number of anilines is 1. The molecule has 1 rings (SSSR count). The van der Waals surface area contributed by atoms with Crippen LogP contribution in [0.3, 0.4) is 0 Å². The van der Waals surface area contributed by atoms with Crippen LogP contribution in [0.25, 0.3) is 0 Å². The van der Waals surface area contributed by atoms with Crippen LogP contribution in [0.2, 0.25) is 0 Å². The van der Waals surface area contributed by atoms with Crippen LogP contribution in [0.5, 0.6) is 0 Å². The number of rotatable bonds is 3. The number of hydrogen-bond acceptors (Lipinski definition) is 1. The molecule has 0 aromatic heterocycles. The number of allylic oxidation sites excluding steroid dienone is 1. The lowest BCUT2D eigenvalue weighted by Crippen LogP contribution is -2.10. The van der Waals surface area contributed by atoms with Gasteiger partial charge in [-0.05, 0) is 30.4 Å². The van der Waals surface area contributed by atoms with Crippen LogP contribution in [0, 0.1) is 12.3 Å². The Morgan fingerprint density at radius 3 is 2.18 bits per heavy atom. The van der Waals surface area contributed by atoms with E-state index in [0.29, 0.717) is 0 Å². The maximum atomic E-state index is 4.07. The third-order valence-corrected chi connectivity index (χ3v) is 2.20. The molecule has 0 radical (unpaired) electrons. The van der Waals surface area contributed by atoms with Crippen LogP contribution >= 0.6 is 0 Å². The molecule has 0 unspecified atom stereocenters. The van der Waals surface area contributed by atoms with Crippen LogP contribution in [0.1, 0.15) is 46.6 Å². The molecule has 0 heterocycles. The molecular weight excluding hydrogens is 206 g/mol. The molecule has 96 valence electrons. The molecule has 0 aliphatic heterocycles. The Bertz CT molecular complexity index is 345.